The third kappa shape index (κ3) is 8.65. The predicted molar refractivity (Wildman–Crippen MR) is 85.3 cm³/mol. The van der Waals surface area contributed by atoms with Crippen LogP contribution in [0.25, 0.3) is 0 Å². The molecule has 2 heteroatoms. The molecule has 0 aromatic heterocycles. The Morgan fingerprint density at radius 2 is 1.21 bits per heavy atom. The van der Waals surface area contributed by atoms with E-state index < -0.39 is 0 Å². The van der Waals surface area contributed by atoms with Gasteiger partial charge < -0.3 is 4.84 Å². The third-order valence-electron chi connectivity index (χ3n) is 4.42. The van der Waals surface area contributed by atoms with Gasteiger partial charge in [-0.15, -0.1) is 0 Å². The van der Waals surface area contributed by atoms with E-state index in [1.807, 2.05) is 0 Å². The third-order valence-corrected chi connectivity index (χ3v) is 4.42. The first-order valence-electron chi connectivity index (χ1n) is 8.38. The highest BCUT2D eigenvalue weighted by Crippen LogP contribution is 2.28. The van der Waals surface area contributed by atoms with Crippen LogP contribution in [0, 0.1) is 0 Å². The summed E-state index contributed by atoms with van der Waals surface area (Å²) in [7, 11) is 3.88. The Hall–Kier alpha value is -0.0800. The normalized spacial score (nSPS) is 14.8. The topological polar surface area (TPSA) is 12.5 Å². The van der Waals surface area contributed by atoms with Gasteiger partial charge >= 0.3 is 0 Å². The Morgan fingerprint density at radius 3 is 1.63 bits per heavy atom. The van der Waals surface area contributed by atoms with E-state index in [1.54, 1.807) is 7.11 Å². The molecule has 0 rings (SSSR count). The summed E-state index contributed by atoms with van der Waals surface area (Å²) < 4.78 is 0. The zero-order chi connectivity index (χ0) is 14.6. The van der Waals surface area contributed by atoms with Gasteiger partial charge in [0.1, 0.15) is 0 Å². The Labute approximate surface area is 121 Å². The molecule has 0 radical (unpaired) electrons. The van der Waals surface area contributed by atoms with Crippen molar-refractivity contribution in [1.29, 1.82) is 0 Å². The first-order valence-corrected chi connectivity index (χ1v) is 8.38. The molecule has 19 heavy (non-hydrogen) atoms. The number of hydrogen-bond donors (Lipinski definition) is 0. The minimum atomic E-state index is 0.217. The molecule has 2 nitrogen and oxygen atoms in total. The van der Waals surface area contributed by atoms with E-state index in [4.69, 9.17) is 4.84 Å². The lowest BCUT2D eigenvalue weighted by molar-refractivity contribution is -0.183. The Morgan fingerprint density at radius 1 is 0.789 bits per heavy atom. The maximum absolute atomic E-state index is 5.48. The van der Waals surface area contributed by atoms with E-state index in [1.165, 1.54) is 70.6 Å². The van der Waals surface area contributed by atoms with Gasteiger partial charge in [-0.3, -0.25) is 0 Å². The van der Waals surface area contributed by atoms with Crippen molar-refractivity contribution in [2.75, 3.05) is 14.2 Å². The quantitative estimate of drug-likeness (QED) is 0.321. The van der Waals surface area contributed by atoms with Crippen LogP contribution in [0.2, 0.25) is 0 Å². The van der Waals surface area contributed by atoms with E-state index in [0.717, 1.165) is 0 Å². The molecule has 0 aliphatic rings. The smallest absolute Gasteiger partial charge is 0.0575 e. The second kappa shape index (κ2) is 11.7. The maximum atomic E-state index is 5.48. The maximum Gasteiger partial charge on any atom is 0.0575 e. The molecule has 0 fully saturated rings. The van der Waals surface area contributed by atoms with Gasteiger partial charge in [0.25, 0.3) is 0 Å². The lowest BCUT2D eigenvalue weighted by Gasteiger charge is -2.37. The van der Waals surface area contributed by atoms with E-state index in [-0.39, 0.29) is 5.54 Å². The fraction of sp³-hybridized carbons (Fsp3) is 1.00. The van der Waals surface area contributed by atoms with Crippen LogP contribution in [-0.4, -0.2) is 24.8 Å². The average molecular weight is 271 g/mol. The summed E-state index contributed by atoms with van der Waals surface area (Å²) in [5.74, 6) is 0. The van der Waals surface area contributed by atoms with Crippen molar-refractivity contribution in [2.24, 2.45) is 0 Å². The van der Waals surface area contributed by atoms with Crippen LogP contribution in [0.4, 0.5) is 0 Å². The summed E-state index contributed by atoms with van der Waals surface area (Å²) in [4.78, 5) is 5.48. The van der Waals surface area contributed by atoms with Crippen LogP contribution < -0.4 is 0 Å². The van der Waals surface area contributed by atoms with E-state index in [0.29, 0.717) is 0 Å². The summed E-state index contributed by atoms with van der Waals surface area (Å²) in [5, 5.41) is 2.08. The van der Waals surface area contributed by atoms with Crippen LogP contribution in [0.15, 0.2) is 0 Å². The summed E-state index contributed by atoms with van der Waals surface area (Å²) in [6, 6.07) is 0. The number of hydrogen-bond acceptors (Lipinski definition) is 2. The van der Waals surface area contributed by atoms with Crippen molar-refractivity contribution in [3.05, 3.63) is 0 Å². The van der Waals surface area contributed by atoms with E-state index in [2.05, 4.69) is 32.9 Å². The minimum Gasteiger partial charge on any atom is -0.302 e. The molecule has 0 aliphatic heterocycles. The number of nitrogens with zero attached hydrogens (tertiary/aromatic N) is 1. The lowest BCUT2D eigenvalue weighted by Crippen LogP contribution is -2.43. The monoisotopic (exact) mass is 271 g/mol. The highest BCUT2D eigenvalue weighted by Gasteiger charge is 2.28. The fourth-order valence-corrected chi connectivity index (χ4v) is 2.70. The molecule has 0 aliphatic carbocycles. The molecule has 0 spiro atoms. The van der Waals surface area contributed by atoms with Gasteiger partial charge in [-0.05, 0) is 19.8 Å². The molecule has 0 saturated carbocycles. The second-order valence-electron chi connectivity index (χ2n) is 6.15. The minimum absolute atomic E-state index is 0.217. The molecule has 0 bridgehead atoms. The van der Waals surface area contributed by atoms with Gasteiger partial charge in [0, 0.05) is 12.6 Å². The van der Waals surface area contributed by atoms with Crippen LogP contribution in [0.3, 0.4) is 0 Å². The van der Waals surface area contributed by atoms with Gasteiger partial charge in [-0.25, -0.2) is 0 Å². The molecule has 0 N–H and O–H groups in total. The predicted octanol–water partition coefficient (Wildman–Crippen LogP) is 5.57. The largest absolute Gasteiger partial charge is 0.302 e. The molecule has 0 heterocycles. The molecule has 1 unspecified atom stereocenters. The van der Waals surface area contributed by atoms with Gasteiger partial charge in [0.05, 0.1) is 7.11 Å². The Bertz CT molecular complexity index is 196. The molecule has 1 atom stereocenters. The standard InChI is InChI=1S/C17H37NO/c1-6-8-10-12-14-16-17(3,18(4)19-5)15-13-11-9-7-2/h6-16H2,1-5H3. The fourth-order valence-electron chi connectivity index (χ4n) is 2.70. The molecular weight excluding hydrogens is 234 g/mol. The van der Waals surface area contributed by atoms with Gasteiger partial charge in [0.15, 0.2) is 0 Å². The van der Waals surface area contributed by atoms with Crippen LogP contribution in [-0.2, 0) is 4.84 Å². The van der Waals surface area contributed by atoms with Crippen molar-refractivity contribution in [2.45, 2.75) is 96.9 Å². The molecule has 0 amide bonds. The molecule has 0 aromatic carbocycles. The summed E-state index contributed by atoms with van der Waals surface area (Å²) in [5.41, 5.74) is 0.217. The van der Waals surface area contributed by atoms with Crippen molar-refractivity contribution in [3.8, 4) is 0 Å². The lowest BCUT2D eigenvalue weighted by atomic mass is 9.88. The highest BCUT2D eigenvalue weighted by atomic mass is 16.7. The van der Waals surface area contributed by atoms with Crippen LogP contribution >= 0.6 is 0 Å². The van der Waals surface area contributed by atoms with Crippen molar-refractivity contribution < 1.29 is 4.84 Å². The summed E-state index contributed by atoms with van der Waals surface area (Å²) in [6.45, 7) is 6.91. The average Bonchev–Trinajstić information content (AvgIpc) is 2.42. The SMILES string of the molecule is CCCCCCCC(C)(CCCCCC)N(C)OC. The van der Waals surface area contributed by atoms with Crippen molar-refractivity contribution >= 4 is 0 Å². The van der Waals surface area contributed by atoms with E-state index in [9.17, 15) is 0 Å². The molecular formula is C17H37NO. The van der Waals surface area contributed by atoms with Gasteiger partial charge in [-0.1, -0.05) is 71.6 Å². The Balaban J connectivity index is 4.04. The van der Waals surface area contributed by atoms with Crippen LogP contribution in [0.1, 0.15) is 91.4 Å². The highest BCUT2D eigenvalue weighted by molar-refractivity contribution is 4.80. The van der Waals surface area contributed by atoms with Gasteiger partial charge in [0.2, 0.25) is 0 Å². The zero-order valence-electron chi connectivity index (χ0n) is 14.1. The summed E-state index contributed by atoms with van der Waals surface area (Å²) in [6.07, 6.45) is 14.7. The Kier molecular flexibility index (Phi) is 11.7. The first-order chi connectivity index (χ1) is 9.10. The van der Waals surface area contributed by atoms with Crippen molar-refractivity contribution in [3.63, 3.8) is 0 Å². The number of hydroxylamine groups is 2. The second-order valence-corrected chi connectivity index (χ2v) is 6.15. The van der Waals surface area contributed by atoms with E-state index >= 15 is 0 Å². The number of rotatable bonds is 13. The summed E-state index contributed by atoms with van der Waals surface area (Å²) >= 11 is 0. The van der Waals surface area contributed by atoms with Gasteiger partial charge in [-0.2, -0.15) is 5.06 Å². The van der Waals surface area contributed by atoms with Crippen LogP contribution in [0.5, 0.6) is 0 Å². The van der Waals surface area contributed by atoms with Crippen molar-refractivity contribution in [1.82, 2.24) is 5.06 Å². The first kappa shape index (κ1) is 18.9. The molecule has 0 aromatic rings. The number of unbranched alkanes of at least 4 members (excludes halogenated alkanes) is 7. The molecule has 116 valence electrons. The zero-order valence-corrected chi connectivity index (χ0v) is 14.1. The molecule has 0 saturated heterocycles.